The van der Waals surface area contributed by atoms with Crippen LogP contribution < -0.4 is 4.90 Å². The van der Waals surface area contributed by atoms with Crippen LogP contribution in [0.1, 0.15) is 22.8 Å². The molecule has 3 rings (SSSR count). The summed E-state index contributed by atoms with van der Waals surface area (Å²) in [4.78, 5) is 15.6. The molecule has 0 aromatic heterocycles. The van der Waals surface area contributed by atoms with E-state index in [2.05, 4.69) is 0 Å². The van der Waals surface area contributed by atoms with Crippen LogP contribution in [-0.4, -0.2) is 39.1 Å². The Morgan fingerprint density at radius 1 is 0.806 bits per heavy atom. The molecule has 160 valence electrons. The molecule has 0 spiro atoms. The van der Waals surface area contributed by atoms with Gasteiger partial charge < -0.3 is 4.90 Å². The van der Waals surface area contributed by atoms with Gasteiger partial charge in [-0.3, -0.25) is 4.79 Å². The molecule has 0 saturated carbocycles. The molecule has 0 unspecified atom stereocenters. The van der Waals surface area contributed by atoms with Crippen molar-refractivity contribution in [1.82, 2.24) is 4.31 Å². The SMILES string of the molecule is CCN(/C=C(/C(=O)c1ccc(S(=O)(=O)N(C)C)cc1)c1ccccc1)c1ccccc1. The lowest BCUT2D eigenvalue weighted by Gasteiger charge is -2.21. The van der Waals surface area contributed by atoms with Gasteiger partial charge >= 0.3 is 0 Å². The summed E-state index contributed by atoms with van der Waals surface area (Å²) in [6.45, 7) is 2.71. The molecule has 3 aromatic carbocycles. The maximum absolute atomic E-state index is 13.5. The highest BCUT2D eigenvalue weighted by molar-refractivity contribution is 7.89. The Morgan fingerprint density at radius 3 is 1.87 bits per heavy atom. The van der Waals surface area contributed by atoms with Gasteiger partial charge in [0.25, 0.3) is 0 Å². The van der Waals surface area contributed by atoms with E-state index < -0.39 is 10.0 Å². The molecule has 0 aliphatic rings. The van der Waals surface area contributed by atoms with Gasteiger partial charge in [0.1, 0.15) is 0 Å². The molecule has 6 heteroatoms. The van der Waals surface area contributed by atoms with Crippen molar-refractivity contribution < 1.29 is 13.2 Å². The molecule has 0 aliphatic heterocycles. The highest BCUT2D eigenvalue weighted by atomic mass is 32.2. The van der Waals surface area contributed by atoms with E-state index in [1.165, 1.54) is 26.2 Å². The van der Waals surface area contributed by atoms with Crippen LogP contribution in [-0.2, 0) is 10.0 Å². The minimum atomic E-state index is -3.55. The molecule has 0 bridgehead atoms. The number of nitrogens with zero attached hydrogens (tertiary/aromatic N) is 2. The first-order valence-electron chi connectivity index (χ1n) is 10.0. The van der Waals surface area contributed by atoms with E-state index in [0.29, 0.717) is 17.7 Å². The van der Waals surface area contributed by atoms with Crippen LogP contribution in [0.15, 0.2) is 96.0 Å². The average Bonchev–Trinajstić information content (AvgIpc) is 2.80. The third kappa shape index (κ3) is 5.10. The molecule has 0 fully saturated rings. The first kappa shape index (κ1) is 22.5. The predicted octanol–water partition coefficient (Wildman–Crippen LogP) is 4.69. The molecule has 0 heterocycles. The third-order valence-electron chi connectivity index (χ3n) is 4.94. The van der Waals surface area contributed by atoms with Crippen LogP contribution in [0, 0.1) is 0 Å². The third-order valence-corrected chi connectivity index (χ3v) is 6.77. The highest BCUT2D eigenvalue weighted by Gasteiger charge is 2.20. The zero-order chi connectivity index (χ0) is 22.4. The first-order chi connectivity index (χ1) is 14.8. The smallest absolute Gasteiger partial charge is 0.242 e. The lowest BCUT2D eigenvalue weighted by atomic mass is 9.97. The summed E-state index contributed by atoms with van der Waals surface area (Å²) in [5, 5.41) is 0. The van der Waals surface area contributed by atoms with Crippen molar-refractivity contribution in [2.24, 2.45) is 0 Å². The topological polar surface area (TPSA) is 57.7 Å². The van der Waals surface area contributed by atoms with Crippen molar-refractivity contribution in [2.45, 2.75) is 11.8 Å². The van der Waals surface area contributed by atoms with Gasteiger partial charge in [-0.1, -0.05) is 48.5 Å². The zero-order valence-corrected chi connectivity index (χ0v) is 18.7. The fourth-order valence-corrected chi connectivity index (χ4v) is 4.05. The largest absolute Gasteiger partial charge is 0.347 e. The molecule has 0 saturated heterocycles. The van der Waals surface area contributed by atoms with E-state index in [-0.39, 0.29) is 10.7 Å². The van der Waals surface area contributed by atoms with E-state index in [0.717, 1.165) is 15.6 Å². The van der Waals surface area contributed by atoms with Crippen molar-refractivity contribution in [1.29, 1.82) is 0 Å². The number of carbonyl (C=O) groups excluding carboxylic acids is 1. The number of anilines is 1. The van der Waals surface area contributed by atoms with Gasteiger partial charge in [0, 0.05) is 43.7 Å². The van der Waals surface area contributed by atoms with Gasteiger partial charge in [-0.05, 0) is 48.9 Å². The standard InChI is InChI=1S/C25H26N2O3S/c1-4-27(22-13-9-6-10-14-22)19-24(20-11-7-5-8-12-20)25(28)21-15-17-23(18-16-21)31(29,30)26(2)3/h5-19H,4H2,1-3H3/b24-19+. The lowest BCUT2D eigenvalue weighted by Crippen LogP contribution is -2.22. The molecule has 3 aromatic rings. The number of sulfonamides is 1. The van der Waals surface area contributed by atoms with E-state index in [9.17, 15) is 13.2 Å². The van der Waals surface area contributed by atoms with Crippen LogP contribution in [0.2, 0.25) is 0 Å². The average molecular weight is 435 g/mol. The Morgan fingerprint density at radius 2 is 1.35 bits per heavy atom. The quantitative estimate of drug-likeness (QED) is 0.381. The molecule has 0 amide bonds. The zero-order valence-electron chi connectivity index (χ0n) is 17.9. The Balaban J connectivity index is 2.03. The van der Waals surface area contributed by atoms with Crippen molar-refractivity contribution in [3.63, 3.8) is 0 Å². The van der Waals surface area contributed by atoms with Gasteiger partial charge in [0.15, 0.2) is 5.78 Å². The Labute approximate surface area is 184 Å². The second kappa shape index (κ2) is 9.73. The van der Waals surface area contributed by atoms with Crippen LogP contribution >= 0.6 is 0 Å². The minimum absolute atomic E-state index is 0.152. The van der Waals surface area contributed by atoms with Gasteiger partial charge in [0.2, 0.25) is 10.0 Å². The number of para-hydroxylation sites is 1. The number of hydrogen-bond donors (Lipinski definition) is 0. The second-order valence-electron chi connectivity index (χ2n) is 7.17. The summed E-state index contributed by atoms with van der Waals surface area (Å²) in [6, 6.07) is 25.4. The number of hydrogen-bond acceptors (Lipinski definition) is 4. The fraction of sp³-hybridized carbons (Fsp3) is 0.160. The van der Waals surface area contributed by atoms with E-state index in [4.69, 9.17) is 0 Å². The molecule has 0 N–H and O–H groups in total. The van der Waals surface area contributed by atoms with Crippen molar-refractivity contribution in [3.8, 4) is 0 Å². The molecule has 31 heavy (non-hydrogen) atoms. The monoisotopic (exact) mass is 434 g/mol. The summed E-state index contributed by atoms with van der Waals surface area (Å²) in [6.07, 6.45) is 1.86. The van der Waals surface area contributed by atoms with Crippen LogP contribution in [0.25, 0.3) is 5.57 Å². The molecule has 0 aliphatic carbocycles. The minimum Gasteiger partial charge on any atom is -0.347 e. The summed E-state index contributed by atoms with van der Waals surface area (Å²) in [5.74, 6) is -0.172. The summed E-state index contributed by atoms with van der Waals surface area (Å²) >= 11 is 0. The van der Waals surface area contributed by atoms with Crippen molar-refractivity contribution >= 4 is 27.1 Å². The van der Waals surface area contributed by atoms with E-state index in [1.54, 1.807) is 12.1 Å². The van der Waals surface area contributed by atoms with Crippen LogP contribution in [0.3, 0.4) is 0 Å². The predicted molar refractivity (Wildman–Crippen MR) is 126 cm³/mol. The highest BCUT2D eigenvalue weighted by Crippen LogP contribution is 2.24. The van der Waals surface area contributed by atoms with Gasteiger partial charge in [-0.2, -0.15) is 0 Å². The van der Waals surface area contributed by atoms with E-state index in [1.807, 2.05) is 78.7 Å². The summed E-state index contributed by atoms with van der Waals surface area (Å²) in [5.41, 5.74) is 2.75. The second-order valence-corrected chi connectivity index (χ2v) is 9.32. The summed E-state index contributed by atoms with van der Waals surface area (Å²) in [7, 11) is -0.592. The lowest BCUT2D eigenvalue weighted by molar-refractivity contribution is 0.105. The number of Topliss-reactive ketones (excluding diaryl/α,β-unsaturated/α-hetero) is 1. The van der Waals surface area contributed by atoms with Crippen LogP contribution in [0.4, 0.5) is 5.69 Å². The fourth-order valence-electron chi connectivity index (χ4n) is 3.15. The maximum atomic E-state index is 13.5. The van der Waals surface area contributed by atoms with Gasteiger partial charge in [0.05, 0.1) is 4.90 Å². The van der Waals surface area contributed by atoms with Crippen LogP contribution in [0.5, 0.6) is 0 Å². The molecule has 0 radical (unpaired) electrons. The number of carbonyl (C=O) groups is 1. The Kier molecular flexibility index (Phi) is 7.05. The first-order valence-corrected chi connectivity index (χ1v) is 11.4. The number of benzene rings is 3. The van der Waals surface area contributed by atoms with Gasteiger partial charge in [-0.25, -0.2) is 12.7 Å². The van der Waals surface area contributed by atoms with Crippen molar-refractivity contribution in [2.75, 3.05) is 25.5 Å². The number of rotatable bonds is 8. The summed E-state index contributed by atoms with van der Waals surface area (Å²) < 4.78 is 25.8. The normalized spacial score (nSPS) is 12.1. The molecule has 5 nitrogen and oxygen atoms in total. The maximum Gasteiger partial charge on any atom is 0.242 e. The molecular formula is C25H26N2O3S. The molecule has 0 atom stereocenters. The van der Waals surface area contributed by atoms with Gasteiger partial charge in [-0.15, -0.1) is 0 Å². The van der Waals surface area contributed by atoms with Crippen molar-refractivity contribution in [3.05, 3.63) is 102 Å². The number of ketones is 1. The Bertz CT molecular complexity index is 1150. The number of allylic oxidation sites excluding steroid dienone is 1. The van der Waals surface area contributed by atoms with E-state index >= 15 is 0 Å². The molecular weight excluding hydrogens is 408 g/mol. The Hall–Kier alpha value is -3.22.